The fraction of sp³-hybridized carbons (Fsp3) is 0.188. The van der Waals surface area contributed by atoms with Gasteiger partial charge in [-0.2, -0.15) is 0 Å². The summed E-state index contributed by atoms with van der Waals surface area (Å²) < 4.78 is 1.02. The van der Waals surface area contributed by atoms with Crippen molar-refractivity contribution >= 4 is 27.8 Å². The molecule has 0 amide bonds. The van der Waals surface area contributed by atoms with E-state index in [0.717, 1.165) is 15.6 Å². The Kier molecular flexibility index (Phi) is 3.67. The molecule has 1 aliphatic rings. The first-order valence-corrected chi connectivity index (χ1v) is 6.67. The second-order valence-corrected chi connectivity index (χ2v) is 5.41. The van der Waals surface area contributed by atoms with Crippen LogP contribution in [0.5, 0.6) is 0 Å². The number of hydrogen-bond acceptors (Lipinski definition) is 1. The van der Waals surface area contributed by atoms with Gasteiger partial charge < -0.3 is 0 Å². The summed E-state index contributed by atoms with van der Waals surface area (Å²) in [5.41, 5.74) is 1.64. The highest BCUT2D eigenvalue weighted by Gasteiger charge is 2.39. The monoisotopic (exact) mass is 302 g/mol. The molecule has 1 nitrogen and oxygen atoms in total. The van der Waals surface area contributed by atoms with Crippen LogP contribution in [-0.2, 0) is 10.2 Å². The minimum Gasteiger partial charge on any atom is -0.294 e. The number of ketones is 1. The number of rotatable bonds is 4. The molecule has 0 radical (unpaired) electrons. The van der Waals surface area contributed by atoms with E-state index >= 15 is 0 Å². The number of carbonyl (C=O) groups is 1. The first-order chi connectivity index (χ1) is 8.64. The highest BCUT2D eigenvalue weighted by molar-refractivity contribution is 9.10. The second-order valence-electron chi connectivity index (χ2n) is 4.50. The van der Waals surface area contributed by atoms with Gasteiger partial charge in [0.25, 0.3) is 0 Å². The van der Waals surface area contributed by atoms with Gasteiger partial charge in [-0.1, -0.05) is 40.2 Å². The van der Waals surface area contributed by atoms with Crippen molar-refractivity contribution in [3.63, 3.8) is 0 Å². The van der Waals surface area contributed by atoms with Gasteiger partial charge in [0.1, 0.15) is 0 Å². The number of fused-ring (bicyclic) bond motifs is 1. The number of halogens is 1. The van der Waals surface area contributed by atoms with Crippen LogP contribution in [0.2, 0.25) is 0 Å². The van der Waals surface area contributed by atoms with Crippen molar-refractivity contribution in [2.75, 3.05) is 0 Å². The standard InChI is InChI=1S/C16H15BrO/c1-3-9-16(10-4-2)14-7-6-13(17)11-12(14)5-8-15(16)18/h3-8,11H,1-2,9-10H2. The normalized spacial score (nSPS) is 16.2. The Morgan fingerprint density at radius 2 is 1.83 bits per heavy atom. The molecular formula is C16H15BrO. The summed E-state index contributed by atoms with van der Waals surface area (Å²) in [5.74, 6) is 0.136. The predicted octanol–water partition coefficient (Wildman–Crippen LogP) is 4.44. The molecule has 0 heterocycles. The second kappa shape index (κ2) is 5.07. The van der Waals surface area contributed by atoms with Crippen molar-refractivity contribution < 1.29 is 4.79 Å². The summed E-state index contributed by atoms with van der Waals surface area (Å²) in [6.45, 7) is 7.57. The molecule has 1 aliphatic carbocycles. The van der Waals surface area contributed by atoms with Gasteiger partial charge >= 0.3 is 0 Å². The summed E-state index contributed by atoms with van der Waals surface area (Å²) in [6, 6.07) is 6.04. The van der Waals surface area contributed by atoms with E-state index in [9.17, 15) is 4.79 Å². The van der Waals surface area contributed by atoms with Crippen LogP contribution in [0.1, 0.15) is 24.0 Å². The van der Waals surface area contributed by atoms with Crippen molar-refractivity contribution in [1.82, 2.24) is 0 Å². The molecule has 1 aromatic carbocycles. The number of benzene rings is 1. The van der Waals surface area contributed by atoms with Crippen LogP contribution in [0.4, 0.5) is 0 Å². The lowest BCUT2D eigenvalue weighted by atomic mass is 9.67. The maximum absolute atomic E-state index is 12.3. The van der Waals surface area contributed by atoms with Gasteiger partial charge in [0, 0.05) is 4.47 Å². The van der Waals surface area contributed by atoms with Crippen LogP contribution in [0.25, 0.3) is 6.08 Å². The van der Waals surface area contributed by atoms with Gasteiger partial charge in [-0.3, -0.25) is 4.79 Å². The maximum Gasteiger partial charge on any atom is 0.166 e. The van der Waals surface area contributed by atoms with E-state index in [0.29, 0.717) is 12.8 Å². The Labute approximate surface area is 116 Å². The molecule has 0 bridgehead atoms. The predicted molar refractivity (Wildman–Crippen MR) is 79.5 cm³/mol. The first-order valence-electron chi connectivity index (χ1n) is 5.88. The highest BCUT2D eigenvalue weighted by Crippen LogP contribution is 2.40. The molecule has 2 heteroatoms. The van der Waals surface area contributed by atoms with Crippen molar-refractivity contribution in [2.24, 2.45) is 0 Å². The van der Waals surface area contributed by atoms with E-state index in [1.54, 1.807) is 6.08 Å². The third kappa shape index (κ3) is 2.01. The van der Waals surface area contributed by atoms with Gasteiger partial charge in [0.15, 0.2) is 5.78 Å². The first kappa shape index (κ1) is 13.0. The lowest BCUT2D eigenvalue weighted by Gasteiger charge is -2.34. The Bertz CT molecular complexity index is 530. The van der Waals surface area contributed by atoms with Gasteiger partial charge in [-0.15, -0.1) is 13.2 Å². The topological polar surface area (TPSA) is 17.1 Å². The van der Waals surface area contributed by atoms with Gasteiger partial charge in [-0.05, 0) is 42.2 Å². The average Bonchev–Trinajstić information content (AvgIpc) is 2.34. The minimum atomic E-state index is -0.520. The Hall–Kier alpha value is -1.41. The fourth-order valence-corrected chi connectivity index (χ4v) is 2.94. The van der Waals surface area contributed by atoms with Crippen molar-refractivity contribution in [2.45, 2.75) is 18.3 Å². The summed E-state index contributed by atoms with van der Waals surface area (Å²) >= 11 is 3.46. The summed E-state index contributed by atoms with van der Waals surface area (Å²) in [6.07, 6.45) is 8.45. The van der Waals surface area contributed by atoms with Crippen molar-refractivity contribution in [1.29, 1.82) is 0 Å². The molecule has 0 saturated heterocycles. The van der Waals surface area contributed by atoms with Crippen molar-refractivity contribution in [3.8, 4) is 0 Å². The molecule has 0 fully saturated rings. The molecule has 0 N–H and O–H groups in total. The largest absolute Gasteiger partial charge is 0.294 e. The lowest BCUT2D eigenvalue weighted by molar-refractivity contribution is -0.119. The van der Waals surface area contributed by atoms with E-state index in [2.05, 4.69) is 29.1 Å². The van der Waals surface area contributed by atoms with E-state index < -0.39 is 5.41 Å². The zero-order valence-corrected chi connectivity index (χ0v) is 11.7. The van der Waals surface area contributed by atoms with E-state index in [1.807, 2.05) is 36.4 Å². The molecule has 1 aromatic rings. The zero-order valence-electron chi connectivity index (χ0n) is 10.2. The van der Waals surface area contributed by atoms with Crippen molar-refractivity contribution in [3.05, 3.63) is 65.2 Å². The maximum atomic E-state index is 12.3. The summed E-state index contributed by atoms with van der Waals surface area (Å²) in [5, 5.41) is 0. The van der Waals surface area contributed by atoms with Crippen LogP contribution in [0.15, 0.2) is 54.1 Å². The fourth-order valence-electron chi connectivity index (χ4n) is 2.56. The molecule has 0 spiro atoms. The molecule has 0 aromatic heterocycles. The molecule has 0 aliphatic heterocycles. The van der Waals surface area contributed by atoms with Crippen LogP contribution >= 0.6 is 15.9 Å². The van der Waals surface area contributed by atoms with Gasteiger partial charge in [0.2, 0.25) is 0 Å². The molecule has 18 heavy (non-hydrogen) atoms. The lowest BCUT2D eigenvalue weighted by Crippen LogP contribution is -2.36. The van der Waals surface area contributed by atoms with E-state index in [1.165, 1.54) is 0 Å². The van der Waals surface area contributed by atoms with E-state index in [4.69, 9.17) is 0 Å². The number of hydrogen-bond donors (Lipinski definition) is 0. The third-order valence-corrected chi connectivity index (χ3v) is 3.89. The van der Waals surface area contributed by atoms with Crippen LogP contribution in [-0.4, -0.2) is 5.78 Å². The molecule has 0 saturated carbocycles. The van der Waals surface area contributed by atoms with Crippen LogP contribution in [0.3, 0.4) is 0 Å². The molecule has 0 unspecified atom stereocenters. The number of allylic oxidation sites excluding steroid dienone is 3. The Morgan fingerprint density at radius 3 is 2.44 bits per heavy atom. The summed E-state index contributed by atoms with van der Waals surface area (Å²) in [7, 11) is 0. The Balaban J connectivity index is 2.65. The average molecular weight is 303 g/mol. The third-order valence-electron chi connectivity index (χ3n) is 3.40. The summed E-state index contributed by atoms with van der Waals surface area (Å²) in [4.78, 5) is 12.3. The van der Waals surface area contributed by atoms with Gasteiger partial charge in [-0.25, -0.2) is 0 Å². The van der Waals surface area contributed by atoms with Gasteiger partial charge in [0.05, 0.1) is 5.41 Å². The molecule has 92 valence electrons. The highest BCUT2D eigenvalue weighted by atomic mass is 79.9. The Morgan fingerprint density at radius 1 is 1.17 bits per heavy atom. The molecular weight excluding hydrogens is 288 g/mol. The van der Waals surface area contributed by atoms with Crippen LogP contribution in [0, 0.1) is 0 Å². The quantitative estimate of drug-likeness (QED) is 0.752. The smallest absolute Gasteiger partial charge is 0.166 e. The zero-order chi connectivity index (χ0) is 13.2. The molecule has 2 rings (SSSR count). The van der Waals surface area contributed by atoms with Crippen LogP contribution < -0.4 is 0 Å². The van der Waals surface area contributed by atoms with E-state index in [-0.39, 0.29) is 5.78 Å². The number of carbonyl (C=O) groups excluding carboxylic acids is 1. The molecule has 0 atom stereocenters. The minimum absolute atomic E-state index is 0.136. The SMILES string of the molecule is C=CCC1(CC=C)C(=O)C=Cc2cc(Br)ccc21.